The largest absolute Gasteiger partial charge is 0.354 e. The molecule has 0 fully saturated rings. The summed E-state index contributed by atoms with van der Waals surface area (Å²) in [7, 11) is 0. The third kappa shape index (κ3) is 4.30. The van der Waals surface area contributed by atoms with Crippen molar-refractivity contribution in [2.75, 3.05) is 18.0 Å². The topological polar surface area (TPSA) is 28.2 Å². The highest BCUT2D eigenvalue weighted by molar-refractivity contribution is 5.43. The number of hydrogen-bond acceptors (Lipinski definition) is 3. The van der Waals surface area contributed by atoms with Crippen LogP contribution in [-0.4, -0.2) is 24.1 Å². The predicted octanol–water partition coefficient (Wildman–Crippen LogP) is 3.12. The molecule has 0 saturated carbocycles. The molecule has 18 heavy (non-hydrogen) atoms. The molecule has 0 radical (unpaired) electrons. The Morgan fingerprint density at radius 2 is 2.00 bits per heavy atom. The Labute approximate surface area is 112 Å². The van der Waals surface area contributed by atoms with E-state index in [0.29, 0.717) is 6.04 Å². The van der Waals surface area contributed by atoms with Gasteiger partial charge >= 0.3 is 0 Å². The van der Waals surface area contributed by atoms with Crippen LogP contribution in [0.4, 0.5) is 5.82 Å². The Morgan fingerprint density at radius 1 is 1.28 bits per heavy atom. The highest BCUT2D eigenvalue weighted by atomic mass is 15.2. The van der Waals surface area contributed by atoms with Gasteiger partial charge in [0.05, 0.1) is 0 Å². The summed E-state index contributed by atoms with van der Waals surface area (Å²) in [5, 5.41) is 3.37. The van der Waals surface area contributed by atoms with Crippen molar-refractivity contribution in [2.24, 2.45) is 0 Å². The zero-order valence-corrected chi connectivity index (χ0v) is 12.5. The molecular weight excluding hydrogens is 222 g/mol. The van der Waals surface area contributed by atoms with Crippen molar-refractivity contribution in [1.82, 2.24) is 10.3 Å². The number of anilines is 1. The molecule has 0 aliphatic carbocycles. The first-order valence-electron chi connectivity index (χ1n) is 7.03. The fourth-order valence-corrected chi connectivity index (χ4v) is 2.12. The molecule has 1 rings (SSSR count). The van der Waals surface area contributed by atoms with Crippen molar-refractivity contribution in [3.63, 3.8) is 0 Å². The van der Waals surface area contributed by atoms with E-state index in [-0.39, 0.29) is 0 Å². The highest BCUT2D eigenvalue weighted by Gasteiger charge is 2.12. The van der Waals surface area contributed by atoms with E-state index in [9.17, 15) is 0 Å². The van der Waals surface area contributed by atoms with E-state index in [4.69, 9.17) is 0 Å². The normalized spacial score (nSPS) is 11.0. The summed E-state index contributed by atoms with van der Waals surface area (Å²) in [5.74, 6) is 1.11. The molecule has 3 nitrogen and oxygen atoms in total. The van der Waals surface area contributed by atoms with Gasteiger partial charge in [0, 0.05) is 24.8 Å². The molecule has 0 aromatic carbocycles. The van der Waals surface area contributed by atoms with E-state index in [1.165, 1.54) is 5.56 Å². The Morgan fingerprint density at radius 3 is 2.56 bits per heavy atom. The van der Waals surface area contributed by atoms with Crippen molar-refractivity contribution in [3.05, 3.63) is 23.4 Å². The lowest BCUT2D eigenvalue weighted by Crippen LogP contribution is -2.32. The molecule has 0 aliphatic rings. The van der Waals surface area contributed by atoms with E-state index in [0.717, 1.165) is 37.6 Å². The van der Waals surface area contributed by atoms with Crippen molar-refractivity contribution in [3.8, 4) is 0 Å². The molecule has 0 atom stereocenters. The number of pyridine rings is 1. The Kier molecular flexibility index (Phi) is 6.13. The van der Waals surface area contributed by atoms with Crippen LogP contribution < -0.4 is 10.2 Å². The first-order valence-corrected chi connectivity index (χ1v) is 7.03. The SMILES string of the molecule is CCCN(c1cc(CNCC)cc(C)n1)C(C)C. The fourth-order valence-electron chi connectivity index (χ4n) is 2.12. The molecule has 102 valence electrons. The second-order valence-corrected chi connectivity index (χ2v) is 5.04. The minimum absolute atomic E-state index is 0.492. The number of aryl methyl sites for hydroxylation is 1. The molecule has 3 heteroatoms. The van der Waals surface area contributed by atoms with Crippen molar-refractivity contribution < 1.29 is 0 Å². The molecular formula is C15H27N3. The zero-order valence-electron chi connectivity index (χ0n) is 12.5. The standard InChI is InChI=1S/C15H27N3/c1-6-8-18(12(3)4)15-10-14(11-16-7-2)9-13(5)17-15/h9-10,12,16H,6-8,11H2,1-5H3. The maximum atomic E-state index is 4.68. The molecule has 1 aromatic rings. The van der Waals surface area contributed by atoms with Crippen molar-refractivity contribution in [2.45, 2.75) is 53.6 Å². The van der Waals surface area contributed by atoms with E-state index in [1.807, 2.05) is 0 Å². The minimum atomic E-state index is 0.492. The molecule has 1 aromatic heterocycles. The van der Waals surface area contributed by atoms with Crippen LogP contribution in [0.2, 0.25) is 0 Å². The summed E-state index contributed by atoms with van der Waals surface area (Å²) < 4.78 is 0. The third-order valence-corrected chi connectivity index (χ3v) is 2.96. The summed E-state index contributed by atoms with van der Waals surface area (Å²) in [6.07, 6.45) is 1.15. The molecule has 0 aliphatic heterocycles. The Bertz CT molecular complexity index is 361. The van der Waals surface area contributed by atoms with Crippen LogP contribution in [0.5, 0.6) is 0 Å². The minimum Gasteiger partial charge on any atom is -0.354 e. The van der Waals surface area contributed by atoms with Gasteiger partial charge in [0.15, 0.2) is 0 Å². The second-order valence-electron chi connectivity index (χ2n) is 5.04. The van der Waals surface area contributed by atoms with E-state index < -0.39 is 0 Å². The molecule has 0 amide bonds. The van der Waals surface area contributed by atoms with E-state index >= 15 is 0 Å². The van der Waals surface area contributed by atoms with Gasteiger partial charge < -0.3 is 10.2 Å². The lowest BCUT2D eigenvalue weighted by Gasteiger charge is -2.28. The second kappa shape index (κ2) is 7.37. The summed E-state index contributed by atoms with van der Waals surface area (Å²) >= 11 is 0. The quantitative estimate of drug-likeness (QED) is 0.804. The molecule has 0 unspecified atom stereocenters. The third-order valence-electron chi connectivity index (χ3n) is 2.96. The molecule has 0 spiro atoms. The van der Waals surface area contributed by atoms with Gasteiger partial charge in [-0.1, -0.05) is 13.8 Å². The Hall–Kier alpha value is -1.09. The average molecular weight is 249 g/mol. The molecule has 0 bridgehead atoms. The van der Waals surface area contributed by atoms with E-state index in [1.54, 1.807) is 0 Å². The van der Waals surface area contributed by atoms with Crippen LogP contribution in [0.1, 0.15) is 45.4 Å². The highest BCUT2D eigenvalue weighted by Crippen LogP contribution is 2.18. The molecule has 0 saturated heterocycles. The fraction of sp³-hybridized carbons (Fsp3) is 0.667. The first kappa shape index (κ1) is 15.0. The van der Waals surface area contributed by atoms with Crippen molar-refractivity contribution in [1.29, 1.82) is 0 Å². The van der Waals surface area contributed by atoms with Crippen LogP contribution >= 0.6 is 0 Å². The van der Waals surface area contributed by atoms with Gasteiger partial charge in [-0.25, -0.2) is 4.98 Å². The van der Waals surface area contributed by atoms with Gasteiger partial charge in [-0.3, -0.25) is 0 Å². The lowest BCUT2D eigenvalue weighted by molar-refractivity contribution is 0.658. The monoisotopic (exact) mass is 249 g/mol. The van der Waals surface area contributed by atoms with Crippen LogP contribution in [0.25, 0.3) is 0 Å². The number of rotatable bonds is 7. The molecule has 1 heterocycles. The predicted molar refractivity (Wildman–Crippen MR) is 79.1 cm³/mol. The van der Waals surface area contributed by atoms with Crippen LogP contribution in [0, 0.1) is 6.92 Å². The van der Waals surface area contributed by atoms with Gasteiger partial charge in [0.2, 0.25) is 0 Å². The number of hydrogen-bond donors (Lipinski definition) is 1. The number of aromatic nitrogens is 1. The summed E-state index contributed by atoms with van der Waals surface area (Å²) in [4.78, 5) is 7.06. The maximum absolute atomic E-state index is 4.68. The van der Waals surface area contributed by atoms with Crippen molar-refractivity contribution >= 4 is 5.82 Å². The first-order chi connectivity index (χ1) is 8.58. The molecule has 1 N–H and O–H groups in total. The van der Waals surface area contributed by atoms with Crippen LogP contribution in [0.3, 0.4) is 0 Å². The zero-order chi connectivity index (χ0) is 13.5. The van der Waals surface area contributed by atoms with Gasteiger partial charge in [0.25, 0.3) is 0 Å². The smallest absolute Gasteiger partial charge is 0.129 e. The maximum Gasteiger partial charge on any atom is 0.129 e. The van der Waals surface area contributed by atoms with Gasteiger partial charge in [-0.2, -0.15) is 0 Å². The van der Waals surface area contributed by atoms with Gasteiger partial charge in [0.1, 0.15) is 5.82 Å². The van der Waals surface area contributed by atoms with Crippen LogP contribution in [-0.2, 0) is 6.54 Å². The van der Waals surface area contributed by atoms with E-state index in [2.05, 4.69) is 62.0 Å². The number of nitrogens with zero attached hydrogens (tertiary/aromatic N) is 2. The summed E-state index contributed by atoms with van der Waals surface area (Å²) in [6, 6.07) is 4.87. The van der Waals surface area contributed by atoms with Gasteiger partial charge in [-0.15, -0.1) is 0 Å². The summed E-state index contributed by atoms with van der Waals surface area (Å²) in [5.41, 5.74) is 2.42. The number of nitrogens with one attached hydrogen (secondary N) is 1. The Balaban J connectivity index is 2.95. The average Bonchev–Trinajstić information content (AvgIpc) is 2.32. The van der Waals surface area contributed by atoms with Crippen LogP contribution in [0.15, 0.2) is 12.1 Å². The summed E-state index contributed by atoms with van der Waals surface area (Å²) in [6.45, 7) is 13.9. The van der Waals surface area contributed by atoms with Gasteiger partial charge in [-0.05, 0) is 51.4 Å². The lowest BCUT2D eigenvalue weighted by atomic mass is 10.2.